The summed E-state index contributed by atoms with van der Waals surface area (Å²) in [6.07, 6.45) is 3.40. The molecule has 4 heterocycles. The summed E-state index contributed by atoms with van der Waals surface area (Å²) in [5.74, 6) is 0.975. The Labute approximate surface area is 162 Å². The van der Waals surface area contributed by atoms with Crippen molar-refractivity contribution in [3.05, 3.63) is 47.0 Å². The number of hydrogen-bond donors (Lipinski definition) is 3. The van der Waals surface area contributed by atoms with Gasteiger partial charge in [-0.1, -0.05) is 0 Å². The van der Waals surface area contributed by atoms with E-state index in [4.69, 9.17) is 0 Å². The molecule has 0 atom stereocenters. The maximum atomic E-state index is 12.0. The lowest BCUT2D eigenvalue weighted by Crippen LogP contribution is -2.43. The Morgan fingerprint density at radius 2 is 1.88 bits per heavy atom. The summed E-state index contributed by atoms with van der Waals surface area (Å²) in [6.45, 7) is 3.91. The molecule has 0 amide bonds. The number of fused-ring (bicyclic) bond motifs is 1. The third-order valence-electron chi connectivity index (χ3n) is 3.94. The van der Waals surface area contributed by atoms with Gasteiger partial charge in [-0.25, -0.2) is 15.0 Å². The van der Waals surface area contributed by atoms with Gasteiger partial charge in [0.05, 0.1) is 17.4 Å². The number of H-pyrrole nitrogens is 1. The Hall–Kier alpha value is -2.42. The van der Waals surface area contributed by atoms with Gasteiger partial charge in [-0.05, 0) is 24.3 Å². The predicted octanol–water partition coefficient (Wildman–Crippen LogP) is 1.71. The molecule has 1 saturated heterocycles. The fourth-order valence-electron chi connectivity index (χ4n) is 2.73. The summed E-state index contributed by atoms with van der Waals surface area (Å²) in [4.78, 5) is 29.8. The Balaban J connectivity index is 0.00000121. The van der Waals surface area contributed by atoms with Crippen LogP contribution in [0.1, 0.15) is 0 Å². The number of anilines is 3. The van der Waals surface area contributed by atoms with Gasteiger partial charge in [0.25, 0.3) is 5.56 Å². The first-order valence-electron chi connectivity index (χ1n) is 7.83. The lowest BCUT2D eigenvalue weighted by Gasteiger charge is -2.29. The third-order valence-corrected chi connectivity index (χ3v) is 3.94. The van der Waals surface area contributed by atoms with Crippen molar-refractivity contribution < 1.29 is 0 Å². The van der Waals surface area contributed by atoms with Gasteiger partial charge in [-0.3, -0.25) is 9.78 Å². The van der Waals surface area contributed by atoms with Gasteiger partial charge in [0.2, 0.25) is 5.95 Å². The van der Waals surface area contributed by atoms with Crippen LogP contribution in [0.2, 0.25) is 0 Å². The van der Waals surface area contributed by atoms with E-state index in [9.17, 15) is 4.79 Å². The monoisotopic (exact) mass is 395 g/mol. The van der Waals surface area contributed by atoms with Crippen molar-refractivity contribution in [1.29, 1.82) is 0 Å². The molecule has 10 heteroatoms. The molecule has 0 unspecified atom stereocenters. The minimum atomic E-state index is -0.277. The Morgan fingerprint density at radius 1 is 1.08 bits per heavy atom. The maximum absolute atomic E-state index is 12.0. The number of nitrogens with zero attached hydrogens (tertiary/aromatic N) is 4. The first-order valence-corrected chi connectivity index (χ1v) is 7.83. The predicted molar refractivity (Wildman–Crippen MR) is 107 cm³/mol. The van der Waals surface area contributed by atoms with Crippen molar-refractivity contribution in [1.82, 2.24) is 25.3 Å². The number of rotatable bonds is 3. The standard InChI is InChI=1S/C16H17N7O.2ClH/c24-15-14-12(2-1-5-18-14)20-16(22-15)21-13-4-3-11(10-19-13)23-8-6-17-7-9-23;;/h1-5,10,17H,6-9H2,(H2,19,20,21,22,24);2*1H. The van der Waals surface area contributed by atoms with E-state index in [-0.39, 0.29) is 30.4 Å². The van der Waals surface area contributed by atoms with Crippen molar-refractivity contribution in [3.63, 3.8) is 0 Å². The number of hydrogen-bond acceptors (Lipinski definition) is 7. The maximum Gasteiger partial charge on any atom is 0.278 e. The van der Waals surface area contributed by atoms with Gasteiger partial charge in [-0.2, -0.15) is 0 Å². The Bertz CT molecular complexity index is 910. The topological polar surface area (TPSA) is 98.8 Å². The van der Waals surface area contributed by atoms with E-state index in [0.29, 0.717) is 22.8 Å². The number of piperazine rings is 1. The van der Waals surface area contributed by atoms with Crippen LogP contribution >= 0.6 is 24.8 Å². The zero-order valence-electron chi connectivity index (χ0n) is 13.8. The molecule has 8 nitrogen and oxygen atoms in total. The highest BCUT2D eigenvalue weighted by Crippen LogP contribution is 2.17. The van der Waals surface area contributed by atoms with Crippen LogP contribution in [0.5, 0.6) is 0 Å². The summed E-state index contributed by atoms with van der Waals surface area (Å²) in [5, 5.41) is 6.36. The minimum Gasteiger partial charge on any atom is -0.368 e. The lowest BCUT2D eigenvalue weighted by atomic mass is 10.3. The molecule has 1 aliphatic heterocycles. The molecule has 138 valence electrons. The van der Waals surface area contributed by atoms with E-state index in [1.807, 2.05) is 18.3 Å². The fraction of sp³-hybridized carbons (Fsp3) is 0.250. The number of aromatic nitrogens is 4. The number of nitrogens with one attached hydrogen (secondary N) is 3. The molecule has 3 aromatic rings. The number of aromatic amines is 1. The molecule has 0 aliphatic carbocycles. The molecule has 0 radical (unpaired) electrons. The van der Waals surface area contributed by atoms with Crippen LogP contribution in [0.25, 0.3) is 11.0 Å². The van der Waals surface area contributed by atoms with E-state index in [1.54, 1.807) is 18.3 Å². The van der Waals surface area contributed by atoms with E-state index < -0.39 is 0 Å². The molecule has 0 bridgehead atoms. The molecule has 26 heavy (non-hydrogen) atoms. The van der Waals surface area contributed by atoms with Crippen LogP contribution in [0.3, 0.4) is 0 Å². The first kappa shape index (κ1) is 19.9. The minimum absolute atomic E-state index is 0. The summed E-state index contributed by atoms with van der Waals surface area (Å²) in [7, 11) is 0. The Kier molecular flexibility index (Phi) is 6.73. The average Bonchev–Trinajstić information content (AvgIpc) is 2.63. The molecule has 0 aromatic carbocycles. The van der Waals surface area contributed by atoms with Crippen molar-refractivity contribution >= 4 is 53.3 Å². The van der Waals surface area contributed by atoms with E-state index in [1.165, 1.54) is 0 Å². The molecule has 1 aliphatic rings. The van der Waals surface area contributed by atoms with Gasteiger partial charge < -0.3 is 15.5 Å². The van der Waals surface area contributed by atoms with Crippen molar-refractivity contribution in [2.45, 2.75) is 0 Å². The van der Waals surface area contributed by atoms with E-state index in [0.717, 1.165) is 31.9 Å². The highest BCUT2D eigenvalue weighted by atomic mass is 35.5. The zero-order chi connectivity index (χ0) is 16.4. The number of pyridine rings is 2. The van der Waals surface area contributed by atoms with Crippen LogP contribution in [-0.2, 0) is 0 Å². The van der Waals surface area contributed by atoms with Crippen LogP contribution in [0.15, 0.2) is 41.5 Å². The molecule has 4 rings (SSSR count). The highest BCUT2D eigenvalue weighted by Gasteiger charge is 2.11. The van der Waals surface area contributed by atoms with E-state index >= 15 is 0 Å². The second-order valence-corrected chi connectivity index (χ2v) is 5.55. The summed E-state index contributed by atoms with van der Waals surface area (Å²) in [5.41, 5.74) is 1.68. The molecule has 3 aromatic heterocycles. The SMILES string of the molecule is Cl.Cl.O=c1[nH]c(Nc2ccc(N3CCNCC3)cn2)nc2cccnc12. The quantitative estimate of drug-likeness (QED) is 0.620. The molecule has 1 fully saturated rings. The normalized spacial score (nSPS) is 13.6. The molecular formula is C16H19Cl2N7O. The van der Waals surface area contributed by atoms with Crippen LogP contribution < -0.4 is 21.1 Å². The second-order valence-electron chi connectivity index (χ2n) is 5.55. The molecule has 3 N–H and O–H groups in total. The highest BCUT2D eigenvalue weighted by molar-refractivity contribution is 5.85. The van der Waals surface area contributed by atoms with Gasteiger partial charge in [0.1, 0.15) is 5.82 Å². The Morgan fingerprint density at radius 3 is 2.62 bits per heavy atom. The van der Waals surface area contributed by atoms with E-state index in [2.05, 4.69) is 35.5 Å². The summed E-state index contributed by atoms with van der Waals surface area (Å²) < 4.78 is 0. The molecule has 0 spiro atoms. The van der Waals surface area contributed by atoms with Crippen LogP contribution in [-0.4, -0.2) is 46.1 Å². The van der Waals surface area contributed by atoms with Crippen molar-refractivity contribution in [2.24, 2.45) is 0 Å². The van der Waals surface area contributed by atoms with Crippen LogP contribution in [0.4, 0.5) is 17.5 Å². The summed E-state index contributed by atoms with van der Waals surface area (Å²) >= 11 is 0. The first-order chi connectivity index (χ1) is 11.8. The smallest absolute Gasteiger partial charge is 0.278 e. The van der Waals surface area contributed by atoms with Gasteiger partial charge in [0.15, 0.2) is 5.52 Å². The van der Waals surface area contributed by atoms with Gasteiger partial charge in [0, 0.05) is 32.4 Å². The largest absolute Gasteiger partial charge is 0.368 e. The zero-order valence-corrected chi connectivity index (χ0v) is 15.4. The van der Waals surface area contributed by atoms with Crippen LogP contribution in [0, 0.1) is 0 Å². The number of halogens is 2. The average molecular weight is 396 g/mol. The second kappa shape index (κ2) is 8.79. The fourth-order valence-corrected chi connectivity index (χ4v) is 2.73. The lowest BCUT2D eigenvalue weighted by molar-refractivity contribution is 0.589. The van der Waals surface area contributed by atoms with Gasteiger partial charge >= 0.3 is 0 Å². The molecular weight excluding hydrogens is 377 g/mol. The van der Waals surface area contributed by atoms with Crippen molar-refractivity contribution in [2.75, 3.05) is 36.4 Å². The summed E-state index contributed by atoms with van der Waals surface area (Å²) in [6, 6.07) is 7.40. The van der Waals surface area contributed by atoms with Crippen molar-refractivity contribution in [3.8, 4) is 0 Å². The third kappa shape index (κ3) is 4.21. The molecule has 0 saturated carbocycles. The van der Waals surface area contributed by atoms with Gasteiger partial charge in [-0.15, -0.1) is 24.8 Å².